The molecule has 1 heterocycles. The van der Waals surface area contributed by atoms with Crippen LogP contribution in [0.1, 0.15) is 0 Å². The molecule has 8 nitrogen and oxygen atoms in total. The Hall–Kier alpha value is -2.26. The third kappa shape index (κ3) is 3.19. The van der Waals surface area contributed by atoms with Gasteiger partial charge in [-0.1, -0.05) is 12.2 Å². The molecular formula is C11H14N4O4S. The zero-order valence-corrected chi connectivity index (χ0v) is 11.4. The number of rotatable bonds is 7. The Kier molecular flexibility index (Phi) is 4.94. The lowest BCUT2D eigenvalue weighted by atomic mass is 10.4. The van der Waals surface area contributed by atoms with Crippen molar-refractivity contribution in [2.24, 2.45) is 0 Å². The van der Waals surface area contributed by atoms with Gasteiger partial charge in [0.15, 0.2) is 11.1 Å². The molecule has 1 aromatic heterocycles. The zero-order chi connectivity index (χ0) is 15.3. The molecule has 0 aliphatic rings. The molecule has 1 rings (SSSR count). The van der Waals surface area contributed by atoms with E-state index in [4.69, 9.17) is 5.73 Å². The number of hydrogen-bond donors (Lipinski definition) is 1. The topological polar surface area (TPSA) is 119 Å². The molecule has 20 heavy (non-hydrogen) atoms. The third-order valence-corrected chi connectivity index (χ3v) is 4.14. The molecule has 0 aliphatic heterocycles. The van der Waals surface area contributed by atoms with Crippen LogP contribution < -0.4 is 5.73 Å². The highest BCUT2D eigenvalue weighted by molar-refractivity contribution is 7.89. The average molecular weight is 298 g/mol. The maximum Gasteiger partial charge on any atom is 0.383 e. The van der Waals surface area contributed by atoms with Gasteiger partial charge in [0.25, 0.3) is 10.0 Å². The fourth-order valence-corrected chi connectivity index (χ4v) is 3.00. The Labute approximate surface area is 116 Å². The molecule has 0 bridgehead atoms. The standard InChI is InChI=1S/C11H14N4O4S/c1-3-5-14(6-4-2)20(18,19)10-7-9(12)8-13-11(10)15(16)17/h3-4,7-8H,1-2,5-6,12H2. The van der Waals surface area contributed by atoms with Crippen molar-refractivity contribution in [2.45, 2.75) is 4.90 Å². The van der Waals surface area contributed by atoms with Crippen LogP contribution >= 0.6 is 0 Å². The van der Waals surface area contributed by atoms with Gasteiger partial charge in [0.1, 0.15) is 0 Å². The molecule has 0 saturated carbocycles. The van der Waals surface area contributed by atoms with Crippen LogP contribution in [-0.2, 0) is 10.0 Å². The largest absolute Gasteiger partial charge is 0.396 e. The van der Waals surface area contributed by atoms with Crippen LogP contribution in [0.15, 0.2) is 42.5 Å². The van der Waals surface area contributed by atoms with E-state index in [2.05, 4.69) is 18.1 Å². The van der Waals surface area contributed by atoms with Crippen LogP contribution in [0, 0.1) is 10.1 Å². The van der Waals surface area contributed by atoms with E-state index < -0.39 is 25.7 Å². The van der Waals surface area contributed by atoms with Crippen LogP contribution in [0.2, 0.25) is 0 Å². The zero-order valence-electron chi connectivity index (χ0n) is 10.6. The van der Waals surface area contributed by atoms with E-state index in [1.54, 1.807) is 0 Å². The molecule has 0 fully saturated rings. The molecule has 0 spiro atoms. The summed E-state index contributed by atoms with van der Waals surface area (Å²) in [6.45, 7) is 6.87. The normalized spacial score (nSPS) is 11.2. The van der Waals surface area contributed by atoms with Gasteiger partial charge in [-0.05, 0) is 16.0 Å². The highest BCUT2D eigenvalue weighted by atomic mass is 32.2. The first-order valence-corrected chi connectivity index (χ1v) is 6.90. The smallest absolute Gasteiger partial charge is 0.383 e. The highest BCUT2D eigenvalue weighted by Gasteiger charge is 2.32. The number of hydrogen-bond acceptors (Lipinski definition) is 6. The van der Waals surface area contributed by atoms with Crippen molar-refractivity contribution in [1.29, 1.82) is 0 Å². The fourth-order valence-electron chi connectivity index (χ4n) is 1.48. The Morgan fingerprint density at radius 3 is 2.40 bits per heavy atom. The molecule has 0 aliphatic carbocycles. The second-order valence-electron chi connectivity index (χ2n) is 3.75. The fraction of sp³-hybridized carbons (Fsp3) is 0.182. The number of sulfonamides is 1. The van der Waals surface area contributed by atoms with E-state index >= 15 is 0 Å². The quantitative estimate of drug-likeness (QED) is 0.454. The number of nitrogens with two attached hydrogens (primary N) is 1. The number of nitro groups is 1. The summed E-state index contributed by atoms with van der Waals surface area (Å²) < 4.78 is 25.8. The number of aromatic nitrogens is 1. The molecule has 0 amide bonds. The minimum atomic E-state index is -4.12. The Bertz CT molecular complexity index is 632. The van der Waals surface area contributed by atoms with Crippen molar-refractivity contribution in [3.63, 3.8) is 0 Å². The monoisotopic (exact) mass is 298 g/mol. The minimum absolute atomic E-state index is 0.0136. The summed E-state index contributed by atoms with van der Waals surface area (Å²) in [6.07, 6.45) is 3.77. The summed E-state index contributed by atoms with van der Waals surface area (Å²) >= 11 is 0. The molecule has 2 N–H and O–H groups in total. The summed E-state index contributed by atoms with van der Waals surface area (Å²) in [6, 6.07) is 1.01. The van der Waals surface area contributed by atoms with Gasteiger partial charge in [0.2, 0.25) is 0 Å². The van der Waals surface area contributed by atoms with Gasteiger partial charge < -0.3 is 15.8 Å². The third-order valence-electron chi connectivity index (χ3n) is 2.31. The second-order valence-corrected chi connectivity index (χ2v) is 5.65. The summed E-state index contributed by atoms with van der Waals surface area (Å²) in [7, 11) is -4.12. The molecular weight excluding hydrogens is 284 g/mol. The highest BCUT2D eigenvalue weighted by Crippen LogP contribution is 2.26. The first kappa shape index (κ1) is 15.8. The molecule has 0 radical (unpaired) electrons. The van der Waals surface area contributed by atoms with Crippen LogP contribution in [0.3, 0.4) is 0 Å². The summed E-state index contributed by atoms with van der Waals surface area (Å²) in [5.74, 6) is -0.766. The van der Waals surface area contributed by atoms with E-state index in [-0.39, 0.29) is 18.8 Å². The Balaban J connectivity index is 3.46. The molecule has 9 heteroatoms. The first-order chi connectivity index (χ1) is 9.34. The lowest BCUT2D eigenvalue weighted by Gasteiger charge is -2.18. The van der Waals surface area contributed by atoms with Gasteiger partial charge in [-0.2, -0.15) is 4.31 Å². The predicted octanol–water partition coefficient (Wildman–Crippen LogP) is 0.935. The SMILES string of the molecule is C=CCN(CC=C)S(=O)(=O)c1cc(N)cnc1[N+](=O)[O-]. The second kappa shape index (κ2) is 6.26. The van der Waals surface area contributed by atoms with E-state index in [1.165, 1.54) is 12.2 Å². The van der Waals surface area contributed by atoms with E-state index in [0.29, 0.717) is 0 Å². The summed E-state index contributed by atoms with van der Waals surface area (Å²) in [5, 5.41) is 10.9. The van der Waals surface area contributed by atoms with Crippen molar-refractivity contribution < 1.29 is 13.3 Å². The van der Waals surface area contributed by atoms with Gasteiger partial charge in [0.05, 0.1) is 5.69 Å². The molecule has 1 aromatic rings. The predicted molar refractivity (Wildman–Crippen MR) is 74.5 cm³/mol. The molecule has 0 saturated heterocycles. The van der Waals surface area contributed by atoms with Gasteiger partial charge >= 0.3 is 5.82 Å². The first-order valence-electron chi connectivity index (χ1n) is 5.46. The maximum atomic E-state index is 12.4. The van der Waals surface area contributed by atoms with Crippen LogP contribution in [-0.4, -0.2) is 35.7 Å². The van der Waals surface area contributed by atoms with Crippen LogP contribution in [0.5, 0.6) is 0 Å². The van der Waals surface area contributed by atoms with E-state index in [1.807, 2.05) is 0 Å². The Morgan fingerprint density at radius 2 is 1.95 bits per heavy atom. The summed E-state index contributed by atoms with van der Waals surface area (Å²) in [4.78, 5) is 12.9. The van der Waals surface area contributed by atoms with Crippen LogP contribution in [0.4, 0.5) is 11.5 Å². The maximum absolute atomic E-state index is 12.4. The van der Waals surface area contributed by atoms with Crippen LogP contribution in [0.25, 0.3) is 0 Å². The summed E-state index contributed by atoms with van der Waals surface area (Å²) in [5.41, 5.74) is 5.48. The number of anilines is 1. The molecule has 0 unspecified atom stereocenters. The van der Waals surface area contributed by atoms with Gasteiger partial charge in [0, 0.05) is 13.1 Å². The molecule has 108 valence electrons. The lowest BCUT2D eigenvalue weighted by molar-refractivity contribution is -0.392. The minimum Gasteiger partial charge on any atom is -0.396 e. The van der Waals surface area contributed by atoms with Crippen molar-refractivity contribution in [3.05, 3.63) is 47.7 Å². The molecule has 0 atom stereocenters. The van der Waals surface area contributed by atoms with Gasteiger partial charge in [-0.15, -0.1) is 13.2 Å². The van der Waals surface area contributed by atoms with E-state index in [9.17, 15) is 18.5 Å². The van der Waals surface area contributed by atoms with Crippen molar-refractivity contribution in [1.82, 2.24) is 9.29 Å². The average Bonchev–Trinajstić information content (AvgIpc) is 2.38. The number of nitrogens with zero attached hydrogens (tertiary/aromatic N) is 3. The van der Waals surface area contributed by atoms with Crippen molar-refractivity contribution >= 4 is 21.5 Å². The van der Waals surface area contributed by atoms with Gasteiger partial charge in [-0.25, -0.2) is 8.42 Å². The van der Waals surface area contributed by atoms with E-state index in [0.717, 1.165) is 16.6 Å². The number of pyridine rings is 1. The van der Waals surface area contributed by atoms with Crippen molar-refractivity contribution in [2.75, 3.05) is 18.8 Å². The molecule has 0 aromatic carbocycles. The van der Waals surface area contributed by atoms with Gasteiger partial charge in [-0.3, -0.25) is 0 Å². The Morgan fingerprint density at radius 1 is 1.40 bits per heavy atom. The van der Waals surface area contributed by atoms with Crippen molar-refractivity contribution in [3.8, 4) is 0 Å². The number of nitrogen functional groups attached to an aromatic ring is 1. The lowest BCUT2D eigenvalue weighted by Crippen LogP contribution is -2.32.